The van der Waals surface area contributed by atoms with Gasteiger partial charge in [-0.05, 0) is 36.4 Å². The molecule has 0 fully saturated rings. The van der Waals surface area contributed by atoms with Crippen molar-refractivity contribution in [2.75, 3.05) is 13.7 Å². The average Bonchev–Trinajstić information content (AvgIpc) is 2.63. The molecule has 6 nitrogen and oxygen atoms in total. The van der Waals surface area contributed by atoms with Gasteiger partial charge in [-0.25, -0.2) is 4.98 Å². The zero-order valence-electron chi connectivity index (χ0n) is 14.2. The molecule has 0 bridgehead atoms. The van der Waals surface area contributed by atoms with E-state index in [1.165, 1.54) is 6.92 Å². The van der Waals surface area contributed by atoms with Crippen LogP contribution in [0.25, 0.3) is 22.3 Å². The second-order valence-electron chi connectivity index (χ2n) is 5.62. The van der Waals surface area contributed by atoms with Crippen molar-refractivity contribution in [3.63, 3.8) is 0 Å². The molecule has 128 valence electrons. The number of nitrogens with one attached hydrogen (secondary N) is 1. The Labute approximate surface area is 145 Å². The summed E-state index contributed by atoms with van der Waals surface area (Å²) >= 11 is 0. The predicted molar refractivity (Wildman–Crippen MR) is 96.7 cm³/mol. The first kappa shape index (κ1) is 16.7. The standard InChI is InChI=1S/C19H19N3O3/c1-13(23)20-11-12-22-18(14-7-9-15(25-2)10-8-14)21-17-6-4-3-5-16(17)19(22)24/h3-10H,11-12H2,1-2H3,(H,20,23). The quantitative estimate of drug-likeness (QED) is 0.775. The van der Waals surface area contributed by atoms with Gasteiger partial charge in [0.05, 0.1) is 18.0 Å². The molecule has 1 aromatic heterocycles. The van der Waals surface area contributed by atoms with Crippen molar-refractivity contribution in [1.82, 2.24) is 14.9 Å². The van der Waals surface area contributed by atoms with Gasteiger partial charge in [-0.1, -0.05) is 12.1 Å². The molecule has 1 N–H and O–H groups in total. The van der Waals surface area contributed by atoms with Gasteiger partial charge in [0.25, 0.3) is 5.56 Å². The van der Waals surface area contributed by atoms with Crippen LogP contribution in [0.3, 0.4) is 0 Å². The van der Waals surface area contributed by atoms with Crippen LogP contribution in [-0.2, 0) is 11.3 Å². The van der Waals surface area contributed by atoms with Gasteiger partial charge in [0.1, 0.15) is 11.6 Å². The molecule has 0 aliphatic rings. The maximum Gasteiger partial charge on any atom is 0.261 e. The Morgan fingerprint density at radius 2 is 1.88 bits per heavy atom. The van der Waals surface area contributed by atoms with Crippen LogP contribution in [0.5, 0.6) is 5.75 Å². The Morgan fingerprint density at radius 3 is 2.56 bits per heavy atom. The van der Waals surface area contributed by atoms with Crippen LogP contribution < -0.4 is 15.6 Å². The molecular weight excluding hydrogens is 318 g/mol. The number of fused-ring (bicyclic) bond motifs is 1. The molecule has 25 heavy (non-hydrogen) atoms. The molecule has 0 aliphatic carbocycles. The highest BCUT2D eigenvalue weighted by Crippen LogP contribution is 2.21. The minimum absolute atomic E-state index is 0.123. The van der Waals surface area contributed by atoms with E-state index >= 15 is 0 Å². The smallest absolute Gasteiger partial charge is 0.261 e. The fraction of sp³-hybridized carbons (Fsp3) is 0.211. The van der Waals surface area contributed by atoms with Crippen LogP contribution >= 0.6 is 0 Å². The Bertz CT molecular complexity index is 962. The summed E-state index contributed by atoms with van der Waals surface area (Å²) in [5.74, 6) is 1.17. The number of rotatable bonds is 5. The third-order valence-corrected chi connectivity index (χ3v) is 3.92. The summed E-state index contributed by atoms with van der Waals surface area (Å²) in [7, 11) is 1.60. The van der Waals surface area contributed by atoms with Gasteiger partial charge in [-0.3, -0.25) is 14.2 Å². The Hall–Kier alpha value is -3.15. The number of carbonyl (C=O) groups is 1. The van der Waals surface area contributed by atoms with Gasteiger partial charge in [-0.2, -0.15) is 0 Å². The summed E-state index contributed by atoms with van der Waals surface area (Å²) < 4.78 is 6.78. The molecule has 0 unspecified atom stereocenters. The monoisotopic (exact) mass is 337 g/mol. The van der Waals surface area contributed by atoms with E-state index in [9.17, 15) is 9.59 Å². The average molecular weight is 337 g/mol. The van der Waals surface area contributed by atoms with Crippen molar-refractivity contribution >= 4 is 16.8 Å². The molecule has 0 spiro atoms. The topological polar surface area (TPSA) is 73.2 Å². The Balaban J connectivity index is 2.12. The number of carbonyl (C=O) groups excluding carboxylic acids is 1. The zero-order valence-corrected chi connectivity index (χ0v) is 14.2. The molecule has 0 aliphatic heterocycles. The summed E-state index contributed by atoms with van der Waals surface area (Å²) in [5, 5.41) is 3.28. The zero-order chi connectivity index (χ0) is 17.8. The Kier molecular flexibility index (Phi) is 4.79. The van der Waals surface area contributed by atoms with Gasteiger partial charge in [0.2, 0.25) is 5.91 Å². The van der Waals surface area contributed by atoms with Crippen LogP contribution in [-0.4, -0.2) is 29.1 Å². The largest absolute Gasteiger partial charge is 0.497 e. The first-order valence-corrected chi connectivity index (χ1v) is 7.98. The molecule has 3 rings (SSSR count). The van der Waals surface area contributed by atoms with E-state index in [4.69, 9.17) is 4.74 Å². The SMILES string of the molecule is COc1ccc(-c2nc3ccccc3c(=O)n2CCNC(C)=O)cc1. The van der Waals surface area contributed by atoms with E-state index in [2.05, 4.69) is 10.3 Å². The van der Waals surface area contributed by atoms with Gasteiger partial charge in [-0.15, -0.1) is 0 Å². The van der Waals surface area contributed by atoms with Gasteiger partial charge in [0.15, 0.2) is 0 Å². The van der Waals surface area contributed by atoms with Crippen molar-refractivity contribution in [1.29, 1.82) is 0 Å². The summed E-state index contributed by atoms with van der Waals surface area (Å²) in [4.78, 5) is 28.7. The highest BCUT2D eigenvalue weighted by molar-refractivity contribution is 5.79. The highest BCUT2D eigenvalue weighted by Gasteiger charge is 2.12. The maximum absolute atomic E-state index is 12.9. The molecule has 1 amide bonds. The van der Waals surface area contributed by atoms with Gasteiger partial charge < -0.3 is 10.1 Å². The van der Waals surface area contributed by atoms with Crippen LogP contribution in [0, 0.1) is 0 Å². The van der Waals surface area contributed by atoms with E-state index in [-0.39, 0.29) is 11.5 Å². The minimum Gasteiger partial charge on any atom is -0.497 e. The molecule has 0 radical (unpaired) electrons. The molecule has 6 heteroatoms. The van der Waals surface area contributed by atoms with E-state index in [1.807, 2.05) is 42.5 Å². The molecule has 0 atom stereocenters. The maximum atomic E-state index is 12.9. The number of methoxy groups -OCH3 is 1. The molecular formula is C19H19N3O3. The molecule has 1 heterocycles. The van der Waals surface area contributed by atoms with Crippen molar-refractivity contribution < 1.29 is 9.53 Å². The lowest BCUT2D eigenvalue weighted by atomic mass is 10.1. The third-order valence-electron chi connectivity index (χ3n) is 3.92. The van der Waals surface area contributed by atoms with Crippen molar-refractivity contribution in [3.8, 4) is 17.1 Å². The van der Waals surface area contributed by atoms with Gasteiger partial charge >= 0.3 is 0 Å². The lowest BCUT2D eigenvalue weighted by molar-refractivity contribution is -0.118. The molecule has 3 aromatic rings. The number of hydrogen-bond acceptors (Lipinski definition) is 4. The van der Waals surface area contributed by atoms with Crippen molar-refractivity contribution in [3.05, 3.63) is 58.9 Å². The highest BCUT2D eigenvalue weighted by atomic mass is 16.5. The van der Waals surface area contributed by atoms with Gasteiger partial charge in [0, 0.05) is 25.6 Å². The number of hydrogen-bond donors (Lipinski definition) is 1. The van der Waals surface area contributed by atoms with E-state index in [1.54, 1.807) is 17.7 Å². The first-order chi connectivity index (χ1) is 12.1. The predicted octanol–water partition coefficient (Wildman–Crippen LogP) is 2.21. The number of para-hydroxylation sites is 1. The lowest BCUT2D eigenvalue weighted by Gasteiger charge is -2.14. The Morgan fingerprint density at radius 1 is 1.16 bits per heavy atom. The fourth-order valence-electron chi connectivity index (χ4n) is 2.68. The summed E-state index contributed by atoms with van der Waals surface area (Å²) in [6.45, 7) is 2.15. The second kappa shape index (κ2) is 7.17. The number of amides is 1. The van der Waals surface area contributed by atoms with E-state index in [0.717, 1.165) is 11.3 Å². The number of ether oxygens (including phenoxy) is 1. The van der Waals surface area contributed by atoms with Crippen molar-refractivity contribution in [2.24, 2.45) is 0 Å². The van der Waals surface area contributed by atoms with E-state index in [0.29, 0.717) is 29.8 Å². The third kappa shape index (κ3) is 3.52. The van der Waals surface area contributed by atoms with Crippen LogP contribution in [0.15, 0.2) is 53.3 Å². The molecule has 2 aromatic carbocycles. The minimum atomic E-state index is -0.132. The van der Waals surface area contributed by atoms with Crippen LogP contribution in [0.2, 0.25) is 0 Å². The van der Waals surface area contributed by atoms with Crippen molar-refractivity contribution in [2.45, 2.75) is 13.5 Å². The van der Waals surface area contributed by atoms with E-state index < -0.39 is 0 Å². The summed E-state index contributed by atoms with van der Waals surface area (Å²) in [6.07, 6.45) is 0. The lowest BCUT2D eigenvalue weighted by Crippen LogP contribution is -2.31. The first-order valence-electron chi connectivity index (χ1n) is 7.98. The normalized spacial score (nSPS) is 10.6. The summed E-state index contributed by atoms with van der Waals surface area (Å²) in [6, 6.07) is 14.6. The molecule has 0 saturated carbocycles. The number of nitrogens with zero attached hydrogens (tertiary/aromatic N) is 2. The van der Waals surface area contributed by atoms with Crippen LogP contribution in [0.4, 0.5) is 0 Å². The summed E-state index contributed by atoms with van der Waals surface area (Å²) in [5.41, 5.74) is 1.34. The second-order valence-corrected chi connectivity index (χ2v) is 5.62. The fourth-order valence-corrected chi connectivity index (χ4v) is 2.68. The van der Waals surface area contributed by atoms with Crippen LogP contribution in [0.1, 0.15) is 6.92 Å². The molecule has 0 saturated heterocycles. The number of benzene rings is 2. The number of aromatic nitrogens is 2.